The first-order valence-electron chi connectivity index (χ1n) is 10.5. The fraction of sp³-hybridized carbons (Fsp3) is 0.154. The van der Waals surface area contributed by atoms with E-state index in [1.807, 2.05) is 18.2 Å². The zero-order valence-electron chi connectivity index (χ0n) is 18.1. The molecule has 1 aliphatic heterocycles. The highest BCUT2D eigenvalue weighted by Gasteiger charge is 2.47. The highest BCUT2D eigenvalue weighted by Crippen LogP contribution is 2.42. The van der Waals surface area contributed by atoms with E-state index < -0.39 is 28.4 Å². The zero-order chi connectivity index (χ0) is 23.7. The summed E-state index contributed by atoms with van der Waals surface area (Å²) in [6, 6.07) is 20.8. The number of nitrogens with zero attached hydrogens (tertiary/aromatic N) is 2. The van der Waals surface area contributed by atoms with Crippen molar-refractivity contribution in [3.05, 3.63) is 111 Å². The number of aliphatic hydroxyl groups is 1. The number of amides is 1. The monoisotopic (exact) mass is 442 g/mol. The molecule has 1 unspecified atom stereocenters. The molecule has 33 heavy (non-hydrogen) atoms. The Morgan fingerprint density at radius 2 is 1.64 bits per heavy atom. The van der Waals surface area contributed by atoms with E-state index in [0.717, 1.165) is 5.56 Å². The van der Waals surface area contributed by atoms with Crippen LogP contribution >= 0.6 is 0 Å². The van der Waals surface area contributed by atoms with Gasteiger partial charge in [0.2, 0.25) is 0 Å². The van der Waals surface area contributed by atoms with Gasteiger partial charge in [-0.2, -0.15) is 0 Å². The predicted molar refractivity (Wildman–Crippen MR) is 125 cm³/mol. The lowest BCUT2D eigenvalue weighted by molar-refractivity contribution is -0.384. The Balaban J connectivity index is 1.90. The maximum Gasteiger partial charge on any atom is 0.300 e. The van der Waals surface area contributed by atoms with Crippen molar-refractivity contribution >= 4 is 28.8 Å². The van der Waals surface area contributed by atoms with Crippen LogP contribution in [0.15, 0.2) is 84.4 Å². The van der Waals surface area contributed by atoms with E-state index in [9.17, 15) is 24.8 Å². The fourth-order valence-electron chi connectivity index (χ4n) is 3.99. The molecule has 1 fully saturated rings. The third kappa shape index (κ3) is 4.01. The van der Waals surface area contributed by atoms with Crippen LogP contribution in [-0.2, 0) is 9.59 Å². The molecular formula is C26H22N2O5. The van der Waals surface area contributed by atoms with E-state index in [2.05, 4.69) is 13.8 Å². The summed E-state index contributed by atoms with van der Waals surface area (Å²) in [4.78, 5) is 38.3. The smallest absolute Gasteiger partial charge is 0.300 e. The van der Waals surface area contributed by atoms with Crippen LogP contribution in [0.4, 0.5) is 11.4 Å². The number of rotatable bonds is 5. The van der Waals surface area contributed by atoms with Crippen LogP contribution in [-0.4, -0.2) is 21.7 Å². The summed E-state index contributed by atoms with van der Waals surface area (Å²) in [5, 5.41) is 22.3. The molecule has 4 rings (SSSR count). The molecule has 7 heteroatoms. The summed E-state index contributed by atoms with van der Waals surface area (Å²) in [5.41, 5.74) is 2.00. The van der Waals surface area contributed by atoms with Gasteiger partial charge in [-0.3, -0.25) is 24.6 Å². The average Bonchev–Trinajstić information content (AvgIpc) is 3.09. The molecule has 3 aromatic carbocycles. The maximum atomic E-state index is 13.2. The minimum atomic E-state index is -0.879. The topological polar surface area (TPSA) is 101 Å². The zero-order valence-corrected chi connectivity index (χ0v) is 18.1. The number of nitro benzene ring substituents is 1. The van der Waals surface area contributed by atoms with Crippen molar-refractivity contribution in [2.24, 2.45) is 0 Å². The standard InChI is InChI=1S/C26H22N2O5/c1-16(2)17-11-13-20(14-12-17)27-23(18-7-4-3-5-8-18)22(25(30)26(27)31)24(29)19-9-6-10-21(15-19)28(32)33/h3-16,23,29H,1-2H3/b24-22-. The lowest BCUT2D eigenvalue weighted by Crippen LogP contribution is -2.29. The van der Waals surface area contributed by atoms with E-state index in [-0.39, 0.29) is 16.8 Å². The van der Waals surface area contributed by atoms with Gasteiger partial charge in [-0.25, -0.2) is 0 Å². The van der Waals surface area contributed by atoms with Crippen LogP contribution in [0.5, 0.6) is 0 Å². The van der Waals surface area contributed by atoms with Crippen molar-refractivity contribution in [3.63, 3.8) is 0 Å². The minimum Gasteiger partial charge on any atom is -0.507 e. The van der Waals surface area contributed by atoms with E-state index >= 15 is 0 Å². The predicted octanol–water partition coefficient (Wildman–Crippen LogP) is 5.34. The largest absolute Gasteiger partial charge is 0.507 e. The molecule has 1 aliphatic rings. The number of hydrogen-bond donors (Lipinski definition) is 1. The number of non-ortho nitro benzene ring substituents is 1. The lowest BCUT2D eigenvalue weighted by Gasteiger charge is -2.25. The molecule has 166 valence electrons. The molecule has 0 radical (unpaired) electrons. The van der Waals surface area contributed by atoms with Gasteiger partial charge >= 0.3 is 0 Å². The first-order valence-corrected chi connectivity index (χ1v) is 10.5. The molecular weight excluding hydrogens is 420 g/mol. The van der Waals surface area contributed by atoms with Gasteiger partial charge in [0, 0.05) is 23.4 Å². The number of carbonyl (C=O) groups excluding carboxylic acids is 2. The number of nitro groups is 1. The van der Waals surface area contributed by atoms with Crippen molar-refractivity contribution in [1.29, 1.82) is 0 Å². The van der Waals surface area contributed by atoms with Gasteiger partial charge in [-0.1, -0.05) is 68.4 Å². The van der Waals surface area contributed by atoms with Gasteiger partial charge in [0.25, 0.3) is 17.4 Å². The molecule has 3 aromatic rings. The molecule has 0 aromatic heterocycles. The van der Waals surface area contributed by atoms with Gasteiger partial charge in [0.05, 0.1) is 16.5 Å². The molecule has 0 bridgehead atoms. The minimum absolute atomic E-state index is 0.0956. The number of ketones is 1. The van der Waals surface area contributed by atoms with Crippen molar-refractivity contribution < 1.29 is 19.6 Å². The third-order valence-corrected chi connectivity index (χ3v) is 5.73. The molecule has 1 saturated heterocycles. The van der Waals surface area contributed by atoms with Crippen LogP contribution in [0.2, 0.25) is 0 Å². The molecule has 0 aliphatic carbocycles. The van der Waals surface area contributed by atoms with Gasteiger partial charge in [-0.05, 0) is 29.2 Å². The molecule has 1 amide bonds. The summed E-state index contributed by atoms with van der Waals surface area (Å²) < 4.78 is 0. The van der Waals surface area contributed by atoms with E-state index in [1.54, 1.807) is 36.4 Å². The highest BCUT2D eigenvalue weighted by molar-refractivity contribution is 6.51. The Hall–Kier alpha value is -4.26. The van der Waals surface area contributed by atoms with Gasteiger partial charge in [0.15, 0.2) is 0 Å². The summed E-state index contributed by atoms with van der Waals surface area (Å²) in [5.74, 6) is -1.77. The van der Waals surface area contributed by atoms with Crippen molar-refractivity contribution in [2.75, 3.05) is 4.90 Å². The van der Waals surface area contributed by atoms with Gasteiger partial charge in [0.1, 0.15) is 5.76 Å². The summed E-state index contributed by atoms with van der Waals surface area (Å²) in [6.07, 6.45) is 0. The first-order chi connectivity index (χ1) is 15.8. The normalized spacial score (nSPS) is 17.5. The number of carbonyl (C=O) groups is 2. The number of benzene rings is 3. The first kappa shape index (κ1) is 22.0. The second-order valence-electron chi connectivity index (χ2n) is 8.13. The van der Waals surface area contributed by atoms with Crippen LogP contribution in [0.1, 0.15) is 42.5 Å². The molecule has 0 spiro atoms. The van der Waals surface area contributed by atoms with Crippen LogP contribution in [0.3, 0.4) is 0 Å². The van der Waals surface area contributed by atoms with E-state index in [1.165, 1.54) is 29.2 Å². The Morgan fingerprint density at radius 3 is 2.24 bits per heavy atom. The van der Waals surface area contributed by atoms with Gasteiger partial charge < -0.3 is 5.11 Å². The molecule has 1 atom stereocenters. The molecule has 1 heterocycles. The lowest BCUT2D eigenvalue weighted by atomic mass is 9.95. The fourth-order valence-corrected chi connectivity index (χ4v) is 3.99. The molecule has 0 saturated carbocycles. The Kier molecular flexibility index (Phi) is 5.79. The summed E-state index contributed by atoms with van der Waals surface area (Å²) >= 11 is 0. The average molecular weight is 442 g/mol. The van der Waals surface area contributed by atoms with Crippen LogP contribution in [0, 0.1) is 10.1 Å². The van der Waals surface area contributed by atoms with Crippen LogP contribution in [0.25, 0.3) is 5.76 Å². The van der Waals surface area contributed by atoms with Crippen molar-refractivity contribution in [1.82, 2.24) is 0 Å². The van der Waals surface area contributed by atoms with E-state index in [4.69, 9.17) is 0 Å². The maximum absolute atomic E-state index is 13.2. The van der Waals surface area contributed by atoms with E-state index in [0.29, 0.717) is 17.2 Å². The number of aliphatic hydroxyl groups excluding tert-OH is 1. The second-order valence-corrected chi connectivity index (χ2v) is 8.13. The van der Waals surface area contributed by atoms with Crippen molar-refractivity contribution in [3.8, 4) is 0 Å². The number of Topliss-reactive ketones (excluding diaryl/α,β-unsaturated/α-hetero) is 1. The number of anilines is 1. The Morgan fingerprint density at radius 1 is 0.970 bits per heavy atom. The quantitative estimate of drug-likeness (QED) is 0.189. The highest BCUT2D eigenvalue weighted by atomic mass is 16.6. The third-order valence-electron chi connectivity index (χ3n) is 5.73. The van der Waals surface area contributed by atoms with Crippen LogP contribution < -0.4 is 4.90 Å². The number of hydrogen-bond acceptors (Lipinski definition) is 5. The van der Waals surface area contributed by atoms with Crippen molar-refractivity contribution in [2.45, 2.75) is 25.8 Å². The molecule has 1 N–H and O–H groups in total. The summed E-state index contributed by atoms with van der Waals surface area (Å²) in [6.45, 7) is 4.12. The summed E-state index contributed by atoms with van der Waals surface area (Å²) in [7, 11) is 0. The van der Waals surface area contributed by atoms with Gasteiger partial charge in [-0.15, -0.1) is 0 Å². The Bertz CT molecular complexity index is 1260. The second kappa shape index (κ2) is 8.70. The SMILES string of the molecule is CC(C)c1ccc(N2C(=O)C(=O)/C(=C(\O)c3cccc([N+](=O)[O-])c3)C2c2ccccc2)cc1. The Labute approximate surface area is 190 Å². The molecule has 7 nitrogen and oxygen atoms in total.